The van der Waals surface area contributed by atoms with Gasteiger partial charge >= 0.3 is 0 Å². The molecule has 5 nitrogen and oxygen atoms in total. The van der Waals surface area contributed by atoms with Gasteiger partial charge in [-0.3, -0.25) is 0 Å². The van der Waals surface area contributed by atoms with Crippen LogP contribution in [0.25, 0.3) is 0 Å². The molecule has 5 heteroatoms. The number of rotatable bonds is 7. The molecular weight excluding hydrogens is 308 g/mol. The Morgan fingerprint density at radius 2 is 1.42 bits per heavy atom. The fourth-order valence-electron chi connectivity index (χ4n) is 2.32. The molecule has 0 aliphatic heterocycles. The van der Waals surface area contributed by atoms with Gasteiger partial charge in [-0.2, -0.15) is 0 Å². The van der Waals surface area contributed by atoms with Gasteiger partial charge in [0.2, 0.25) is 5.75 Å². The van der Waals surface area contributed by atoms with E-state index in [-0.39, 0.29) is 0 Å². The van der Waals surface area contributed by atoms with Gasteiger partial charge < -0.3 is 24.1 Å². The van der Waals surface area contributed by atoms with Gasteiger partial charge in [-0.25, -0.2) is 0 Å². The van der Waals surface area contributed by atoms with Crippen LogP contribution in [0.1, 0.15) is 25.0 Å². The Balaban J connectivity index is 2.14. The Bertz CT molecular complexity index is 646. The van der Waals surface area contributed by atoms with Crippen molar-refractivity contribution in [2.24, 2.45) is 0 Å². The second-order valence-corrected chi connectivity index (χ2v) is 5.91. The molecule has 2 aromatic carbocycles. The molecule has 2 aromatic rings. The fraction of sp³-hybridized carbons (Fsp3) is 0.368. The molecule has 0 atom stereocenters. The molecule has 130 valence electrons. The van der Waals surface area contributed by atoms with Crippen molar-refractivity contribution in [3.05, 3.63) is 47.5 Å². The molecule has 2 rings (SSSR count). The van der Waals surface area contributed by atoms with Crippen LogP contribution in [-0.2, 0) is 12.2 Å². The minimum Gasteiger partial charge on any atom is -0.493 e. The average Bonchev–Trinajstić information content (AvgIpc) is 2.58. The maximum Gasteiger partial charge on any atom is 0.203 e. The predicted octanol–water partition coefficient (Wildman–Crippen LogP) is 3.52. The van der Waals surface area contributed by atoms with Gasteiger partial charge in [-0.1, -0.05) is 24.3 Å². The quantitative estimate of drug-likeness (QED) is 0.841. The zero-order valence-electron chi connectivity index (χ0n) is 14.8. The smallest absolute Gasteiger partial charge is 0.203 e. The van der Waals surface area contributed by atoms with E-state index in [1.54, 1.807) is 47.3 Å². The highest BCUT2D eigenvalue weighted by Gasteiger charge is 2.16. The Labute approximate surface area is 142 Å². The summed E-state index contributed by atoms with van der Waals surface area (Å²) in [6, 6.07) is 11.2. The maximum absolute atomic E-state index is 9.98. The van der Waals surface area contributed by atoms with Crippen LogP contribution >= 0.6 is 0 Å². The van der Waals surface area contributed by atoms with Crippen molar-refractivity contribution in [1.82, 2.24) is 0 Å². The van der Waals surface area contributed by atoms with Crippen LogP contribution in [0.3, 0.4) is 0 Å². The van der Waals surface area contributed by atoms with Crippen molar-refractivity contribution in [3.63, 3.8) is 0 Å². The molecule has 0 radical (unpaired) electrons. The molecule has 0 saturated heterocycles. The Kier molecular flexibility index (Phi) is 5.57. The molecule has 0 saturated carbocycles. The summed E-state index contributed by atoms with van der Waals surface area (Å²) in [4.78, 5) is 0. The van der Waals surface area contributed by atoms with E-state index in [1.165, 1.54) is 0 Å². The summed E-state index contributed by atoms with van der Waals surface area (Å²) in [7, 11) is 4.69. The summed E-state index contributed by atoms with van der Waals surface area (Å²) in [6.07, 6.45) is 0. The van der Waals surface area contributed by atoms with Crippen LogP contribution in [0.2, 0.25) is 0 Å². The van der Waals surface area contributed by atoms with Gasteiger partial charge in [0.25, 0.3) is 0 Å². The lowest BCUT2D eigenvalue weighted by molar-refractivity contribution is 0.0785. The zero-order chi connectivity index (χ0) is 17.7. The first-order valence-electron chi connectivity index (χ1n) is 7.63. The van der Waals surface area contributed by atoms with Gasteiger partial charge in [-0.05, 0) is 25.0 Å². The normalized spacial score (nSPS) is 11.1. The monoisotopic (exact) mass is 332 g/mol. The van der Waals surface area contributed by atoms with Gasteiger partial charge in [0, 0.05) is 12.1 Å². The van der Waals surface area contributed by atoms with Crippen molar-refractivity contribution in [2.45, 2.75) is 26.1 Å². The largest absolute Gasteiger partial charge is 0.493 e. The summed E-state index contributed by atoms with van der Waals surface area (Å²) < 4.78 is 21.7. The summed E-state index contributed by atoms with van der Waals surface area (Å²) >= 11 is 0. The number of aliphatic hydroxyl groups is 1. The lowest BCUT2D eigenvalue weighted by Gasteiger charge is -2.18. The minimum absolute atomic E-state index is 0.394. The van der Waals surface area contributed by atoms with Crippen molar-refractivity contribution in [1.29, 1.82) is 0 Å². The molecular formula is C19H24O5. The lowest BCUT2D eigenvalue weighted by atomic mass is 9.97. The molecule has 24 heavy (non-hydrogen) atoms. The molecule has 0 amide bonds. The second-order valence-electron chi connectivity index (χ2n) is 5.91. The van der Waals surface area contributed by atoms with Crippen LogP contribution in [0.4, 0.5) is 0 Å². The van der Waals surface area contributed by atoms with E-state index >= 15 is 0 Å². The SMILES string of the molecule is COc1cc(OCc2ccc(C(C)(C)O)cc2)cc(OC)c1OC. The molecule has 0 aliphatic carbocycles. The molecule has 0 unspecified atom stereocenters. The molecule has 0 bridgehead atoms. The summed E-state index contributed by atoms with van der Waals surface area (Å²) in [5.41, 5.74) is 1.01. The van der Waals surface area contributed by atoms with E-state index in [2.05, 4.69) is 0 Å². The third-order valence-electron chi connectivity index (χ3n) is 3.70. The highest BCUT2D eigenvalue weighted by molar-refractivity contribution is 5.55. The van der Waals surface area contributed by atoms with E-state index in [0.717, 1.165) is 11.1 Å². The number of hydrogen-bond acceptors (Lipinski definition) is 5. The standard InChI is InChI=1S/C19H24O5/c1-19(2,20)14-8-6-13(7-9-14)12-24-15-10-16(21-3)18(23-5)17(11-15)22-4/h6-11,20H,12H2,1-5H3. The molecule has 1 N–H and O–H groups in total. The van der Waals surface area contributed by atoms with Crippen molar-refractivity contribution < 1.29 is 24.1 Å². The van der Waals surface area contributed by atoms with Crippen LogP contribution < -0.4 is 18.9 Å². The minimum atomic E-state index is -0.851. The predicted molar refractivity (Wildman–Crippen MR) is 92.1 cm³/mol. The van der Waals surface area contributed by atoms with E-state index in [9.17, 15) is 5.11 Å². The van der Waals surface area contributed by atoms with E-state index in [1.807, 2.05) is 24.3 Å². The average molecular weight is 332 g/mol. The second kappa shape index (κ2) is 7.45. The van der Waals surface area contributed by atoms with Crippen molar-refractivity contribution in [2.75, 3.05) is 21.3 Å². The molecule has 0 aromatic heterocycles. The number of methoxy groups -OCH3 is 3. The van der Waals surface area contributed by atoms with Gasteiger partial charge in [-0.15, -0.1) is 0 Å². The Hall–Kier alpha value is -2.40. The first kappa shape index (κ1) is 17.9. The maximum atomic E-state index is 9.98. The summed E-state index contributed by atoms with van der Waals surface area (Å²) in [6.45, 7) is 3.91. The van der Waals surface area contributed by atoms with Gasteiger partial charge in [0.1, 0.15) is 12.4 Å². The number of ether oxygens (including phenoxy) is 4. The number of benzene rings is 2. The molecule has 0 aliphatic rings. The zero-order valence-corrected chi connectivity index (χ0v) is 14.8. The Morgan fingerprint density at radius 1 is 0.875 bits per heavy atom. The fourth-order valence-corrected chi connectivity index (χ4v) is 2.32. The van der Waals surface area contributed by atoms with Crippen molar-refractivity contribution in [3.8, 4) is 23.0 Å². The first-order valence-corrected chi connectivity index (χ1v) is 7.63. The first-order chi connectivity index (χ1) is 11.4. The van der Waals surface area contributed by atoms with Crippen LogP contribution in [0.15, 0.2) is 36.4 Å². The topological polar surface area (TPSA) is 57.2 Å². The van der Waals surface area contributed by atoms with Gasteiger partial charge in [0.05, 0.1) is 26.9 Å². The summed E-state index contributed by atoms with van der Waals surface area (Å²) in [5, 5.41) is 9.98. The molecule has 0 heterocycles. The van der Waals surface area contributed by atoms with Crippen LogP contribution in [0.5, 0.6) is 23.0 Å². The van der Waals surface area contributed by atoms with E-state index in [4.69, 9.17) is 18.9 Å². The Morgan fingerprint density at radius 3 is 1.83 bits per heavy atom. The van der Waals surface area contributed by atoms with Crippen molar-refractivity contribution >= 4 is 0 Å². The third kappa shape index (κ3) is 4.11. The highest BCUT2D eigenvalue weighted by atomic mass is 16.5. The number of hydrogen-bond donors (Lipinski definition) is 1. The van der Waals surface area contributed by atoms with Gasteiger partial charge in [0.15, 0.2) is 11.5 Å². The van der Waals surface area contributed by atoms with Crippen LogP contribution in [0, 0.1) is 0 Å². The molecule has 0 fully saturated rings. The summed E-state index contributed by atoms with van der Waals surface area (Å²) in [5.74, 6) is 2.24. The van der Waals surface area contributed by atoms with E-state index < -0.39 is 5.60 Å². The highest BCUT2D eigenvalue weighted by Crippen LogP contribution is 2.40. The van der Waals surface area contributed by atoms with E-state index in [0.29, 0.717) is 29.6 Å². The third-order valence-corrected chi connectivity index (χ3v) is 3.70. The van der Waals surface area contributed by atoms with Crippen LogP contribution in [-0.4, -0.2) is 26.4 Å². The lowest BCUT2D eigenvalue weighted by Crippen LogP contribution is -2.15. The molecule has 0 spiro atoms.